The molecule has 1 heterocycles. The highest BCUT2D eigenvalue weighted by Crippen LogP contribution is 2.52. The molecule has 1 unspecified atom stereocenters. The first-order valence-electron chi connectivity index (χ1n) is 13.1. The molecule has 1 aromatic heterocycles. The lowest BCUT2D eigenvalue weighted by molar-refractivity contribution is -0.192. The van der Waals surface area contributed by atoms with Crippen molar-refractivity contribution in [1.82, 2.24) is 4.72 Å². The molecule has 0 aliphatic rings. The fourth-order valence-electron chi connectivity index (χ4n) is 3.62. The van der Waals surface area contributed by atoms with Gasteiger partial charge in [0.2, 0.25) is 11.5 Å². The van der Waals surface area contributed by atoms with Crippen molar-refractivity contribution in [2.75, 3.05) is 26.3 Å². The summed E-state index contributed by atoms with van der Waals surface area (Å²) >= 11 is 0.175. The molecule has 0 aliphatic carbocycles. The topological polar surface area (TPSA) is 235 Å². The fraction of sp³-hybridized carbons (Fsp3) is 0.360. The summed E-state index contributed by atoms with van der Waals surface area (Å²) in [7, 11) is -10.6. The number of fused-ring (bicyclic) bond motifs is 1. The van der Waals surface area contributed by atoms with Crippen LogP contribution in [0, 0.1) is 23.0 Å². The van der Waals surface area contributed by atoms with E-state index in [-0.39, 0.29) is 56.5 Å². The van der Waals surface area contributed by atoms with E-state index in [2.05, 4.69) is 0 Å². The molecule has 0 saturated carbocycles. The lowest BCUT2D eigenvalue weighted by Crippen LogP contribution is -2.28. The van der Waals surface area contributed by atoms with E-state index in [1.165, 1.54) is 6.07 Å². The van der Waals surface area contributed by atoms with E-state index in [9.17, 15) is 49.1 Å². The zero-order valence-electron chi connectivity index (χ0n) is 24.3. The zero-order valence-corrected chi connectivity index (χ0v) is 26.8. The smallest absolute Gasteiger partial charge is 0.487 e. The van der Waals surface area contributed by atoms with Crippen LogP contribution in [0.2, 0.25) is 0 Å². The molecule has 3 aromatic rings. The highest BCUT2D eigenvalue weighted by atomic mass is 32.2. The minimum Gasteiger partial charge on any atom is -0.487 e. The standard InChI is InChI=1S/C23H24F5N4O7PS2.C2HF3O2/c24-17-14-10-16(41-21(14)18(25)20(39-8-2-6-30)19(17)38-7-1-5-29)42(36,37)32-22(40(33,34)35)12-3-4-13(11-31)15(9-12)23(26,27)28;3-2(4,5)1(6)7/h3-4,9-10,22,32H,1-2,5-8,29-30H2,(H2,33,34,35);(H,6,7). The molecule has 2 aromatic carbocycles. The van der Waals surface area contributed by atoms with Gasteiger partial charge in [-0.1, -0.05) is 6.07 Å². The number of carboxylic acid groups (broad SMARTS) is 1. The van der Waals surface area contributed by atoms with Gasteiger partial charge in [0.1, 0.15) is 9.99 Å². The molecule has 0 fully saturated rings. The van der Waals surface area contributed by atoms with Crippen LogP contribution in [0.4, 0.5) is 35.1 Å². The number of benzene rings is 2. The second-order valence-electron chi connectivity index (χ2n) is 9.41. The summed E-state index contributed by atoms with van der Waals surface area (Å²) in [6.07, 6.45) is -9.69. The maximum atomic E-state index is 15.5. The van der Waals surface area contributed by atoms with Crippen molar-refractivity contribution in [2.24, 2.45) is 11.5 Å². The van der Waals surface area contributed by atoms with Crippen molar-refractivity contribution < 1.29 is 77.3 Å². The Morgan fingerprint density at radius 3 is 1.94 bits per heavy atom. The first-order valence-corrected chi connectivity index (χ1v) is 17.1. The number of aliphatic carboxylic acids is 1. The Labute approximate surface area is 275 Å². The van der Waals surface area contributed by atoms with Gasteiger partial charge in [-0.05, 0) is 49.7 Å². The lowest BCUT2D eigenvalue weighted by Gasteiger charge is -2.21. The van der Waals surface area contributed by atoms with E-state index in [1.54, 1.807) is 4.72 Å². The van der Waals surface area contributed by atoms with E-state index in [0.717, 1.165) is 6.07 Å². The van der Waals surface area contributed by atoms with E-state index in [4.69, 9.17) is 36.1 Å². The molecule has 24 heteroatoms. The summed E-state index contributed by atoms with van der Waals surface area (Å²) in [5.41, 5.74) is 7.56. The minimum absolute atomic E-state index is 0.141. The van der Waals surface area contributed by atoms with Crippen LogP contribution >= 0.6 is 18.9 Å². The molecule has 0 spiro atoms. The number of alkyl halides is 6. The number of hydrogen-bond acceptors (Lipinski definition) is 10. The van der Waals surface area contributed by atoms with Gasteiger partial charge in [-0.3, -0.25) is 4.57 Å². The summed E-state index contributed by atoms with van der Waals surface area (Å²) in [6.45, 7) is 0.0367. The number of nitrogens with one attached hydrogen (secondary N) is 1. The Hall–Kier alpha value is -3.62. The number of thiophene rings is 1. The highest BCUT2D eigenvalue weighted by Gasteiger charge is 2.40. The number of carbonyl (C=O) groups is 1. The molecular weight excluding hydrogens is 747 g/mol. The number of ether oxygens (including phenoxy) is 2. The van der Waals surface area contributed by atoms with Crippen LogP contribution < -0.4 is 25.7 Å². The molecule has 49 heavy (non-hydrogen) atoms. The summed E-state index contributed by atoms with van der Waals surface area (Å²) in [6, 6.07) is 3.56. The first kappa shape index (κ1) is 41.6. The number of sulfonamides is 1. The van der Waals surface area contributed by atoms with Gasteiger partial charge in [-0.25, -0.2) is 22.0 Å². The molecule has 1 atom stereocenters. The third-order valence-electron chi connectivity index (χ3n) is 5.84. The van der Waals surface area contributed by atoms with Crippen LogP contribution in [0.3, 0.4) is 0 Å². The van der Waals surface area contributed by atoms with Gasteiger partial charge < -0.3 is 35.8 Å². The van der Waals surface area contributed by atoms with E-state index < -0.39 is 95.8 Å². The Morgan fingerprint density at radius 1 is 1.00 bits per heavy atom. The van der Waals surface area contributed by atoms with Gasteiger partial charge in [0.05, 0.1) is 35.1 Å². The summed E-state index contributed by atoms with van der Waals surface area (Å²) in [5.74, 6) is -9.02. The van der Waals surface area contributed by atoms with Gasteiger partial charge in [0.15, 0.2) is 11.6 Å². The van der Waals surface area contributed by atoms with Crippen molar-refractivity contribution in [2.45, 2.75) is 35.2 Å². The molecule has 0 bridgehead atoms. The van der Waals surface area contributed by atoms with Crippen LogP contribution in [-0.4, -0.2) is 61.8 Å². The van der Waals surface area contributed by atoms with Crippen molar-refractivity contribution in [3.05, 3.63) is 52.6 Å². The van der Waals surface area contributed by atoms with Gasteiger partial charge in [0, 0.05) is 5.39 Å². The maximum Gasteiger partial charge on any atom is 0.490 e. The van der Waals surface area contributed by atoms with Crippen molar-refractivity contribution in [3.8, 4) is 17.6 Å². The third-order valence-corrected chi connectivity index (χ3v) is 10.1. The van der Waals surface area contributed by atoms with E-state index >= 15 is 8.78 Å². The number of nitrogens with two attached hydrogens (primary N) is 2. The summed E-state index contributed by atoms with van der Waals surface area (Å²) in [5, 5.41) is 15.5. The normalized spacial score (nSPS) is 13.0. The molecule has 8 N–H and O–H groups in total. The quantitative estimate of drug-likeness (QED) is 0.0810. The van der Waals surface area contributed by atoms with Crippen molar-refractivity contribution >= 4 is 45.0 Å². The van der Waals surface area contributed by atoms with Crippen LogP contribution in [0.25, 0.3) is 10.1 Å². The Morgan fingerprint density at radius 2 is 1.51 bits per heavy atom. The number of nitrogens with zero attached hydrogens (tertiary/aromatic N) is 1. The van der Waals surface area contributed by atoms with Gasteiger partial charge in [-0.2, -0.15) is 36.3 Å². The second-order valence-corrected chi connectivity index (χ2v) is 14.1. The number of halogens is 8. The maximum absolute atomic E-state index is 15.5. The Bertz CT molecular complexity index is 1810. The number of nitriles is 1. The lowest BCUT2D eigenvalue weighted by atomic mass is 10.0. The Balaban J connectivity index is 0.00000107. The molecular formula is C25H25F8N4O9PS2. The Kier molecular flexibility index (Phi) is 13.9. The summed E-state index contributed by atoms with van der Waals surface area (Å²) in [4.78, 5) is 28.6. The molecule has 0 saturated heterocycles. The zero-order chi connectivity index (χ0) is 37.5. The molecule has 0 amide bonds. The van der Waals surface area contributed by atoms with Gasteiger partial charge in [-0.15, -0.1) is 11.3 Å². The molecule has 0 radical (unpaired) electrons. The predicted octanol–water partition coefficient (Wildman–Crippen LogP) is 4.31. The fourth-order valence-corrected chi connectivity index (χ4v) is 7.61. The molecule has 272 valence electrons. The molecule has 13 nitrogen and oxygen atoms in total. The average molecular weight is 773 g/mol. The van der Waals surface area contributed by atoms with Crippen LogP contribution in [0.15, 0.2) is 28.5 Å². The summed E-state index contributed by atoms with van der Waals surface area (Å²) < 4.78 is 153. The monoisotopic (exact) mass is 772 g/mol. The average Bonchev–Trinajstić information content (AvgIpc) is 3.46. The van der Waals surface area contributed by atoms with E-state index in [1.807, 2.05) is 0 Å². The van der Waals surface area contributed by atoms with Crippen molar-refractivity contribution in [1.29, 1.82) is 5.26 Å². The van der Waals surface area contributed by atoms with Crippen LogP contribution in [0.1, 0.15) is 35.3 Å². The second kappa shape index (κ2) is 16.4. The SMILES string of the molecule is N#Cc1ccc(C(NS(=O)(=O)c2cc3c(F)c(OCCCN)c(OCCCN)c(F)c3s2)P(=O)(O)O)cc1C(F)(F)F.O=C(O)C(F)(F)F. The first-order chi connectivity index (χ1) is 22.5. The van der Waals surface area contributed by atoms with Crippen LogP contribution in [0.5, 0.6) is 11.5 Å². The molecule has 3 rings (SSSR count). The minimum atomic E-state index is -5.56. The number of hydrogen-bond donors (Lipinski definition) is 6. The largest absolute Gasteiger partial charge is 0.490 e. The highest BCUT2D eigenvalue weighted by molar-refractivity contribution is 7.92. The molecule has 0 aliphatic heterocycles. The number of carboxylic acids is 1. The van der Waals surface area contributed by atoms with Crippen molar-refractivity contribution in [3.63, 3.8) is 0 Å². The van der Waals surface area contributed by atoms with Gasteiger partial charge in [0.25, 0.3) is 10.0 Å². The van der Waals surface area contributed by atoms with E-state index in [0.29, 0.717) is 12.1 Å². The van der Waals surface area contributed by atoms with Crippen LogP contribution in [-0.2, 0) is 25.6 Å². The number of rotatable bonds is 13. The van der Waals surface area contributed by atoms with Gasteiger partial charge >= 0.3 is 25.9 Å². The predicted molar refractivity (Wildman–Crippen MR) is 155 cm³/mol. The third kappa shape index (κ3) is 10.7.